The Kier molecular flexibility index (Phi) is 5.56. The summed E-state index contributed by atoms with van der Waals surface area (Å²) in [5.74, 6) is 0. The molecule has 0 amide bonds. The van der Waals surface area contributed by atoms with Gasteiger partial charge in [-0.05, 0) is 49.6 Å². The van der Waals surface area contributed by atoms with E-state index in [0.29, 0.717) is 30.8 Å². The normalized spacial score (nSPS) is 15.0. The molecule has 0 saturated heterocycles. The zero-order chi connectivity index (χ0) is 18.3. The molecule has 6 heteroatoms. The van der Waals surface area contributed by atoms with Gasteiger partial charge in [-0.3, -0.25) is 4.98 Å². The minimum atomic E-state index is -3.47. The lowest BCUT2D eigenvalue weighted by molar-refractivity contribution is 0.426. The zero-order valence-corrected chi connectivity index (χ0v) is 17.1. The molecule has 0 saturated carbocycles. The second-order valence-corrected chi connectivity index (χ2v) is 8.83. The number of hydrogen-bond donors (Lipinski definition) is 0. The van der Waals surface area contributed by atoms with Gasteiger partial charge in [0.2, 0.25) is 10.0 Å². The Morgan fingerprint density at radius 3 is 2.33 bits per heavy atom. The quantitative estimate of drug-likeness (QED) is 0.649. The molecule has 1 aliphatic rings. The van der Waals surface area contributed by atoms with E-state index in [1.165, 1.54) is 11.1 Å². The fourth-order valence-electron chi connectivity index (χ4n) is 3.70. The summed E-state index contributed by atoms with van der Waals surface area (Å²) in [5.41, 5.74) is 5.49. The van der Waals surface area contributed by atoms with E-state index in [2.05, 4.69) is 13.0 Å². The molecule has 1 aromatic heterocycles. The Labute approximate surface area is 166 Å². The number of benzene rings is 2. The minimum absolute atomic E-state index is 0. The topological polar surface area (TPSA) is 50.3 Å². The van der Waals surface area contributed by atoms with Gasteiger partial charge in [0.1, 0.15) is 0 Å². The Balaban J connectivity index is 0.00000210. The van der Waals surface area contributed by atoms with Gasteiger partial charge in [0.05, 0.1) is 10.4 Å². The van der Waals surface area contributed by atoms with Gasteiger partial charge in [0.15, 0.2) is 0 Å². The van der Waals surface area contributed by atoms with Crippen LogP contribution in [0.2, 0.25) is 0 Å². The van der Waals surface area contributed by atoms with Crippen molar-refractivity contribution in [3.8, 4) is 0 Å². The largest absolute Gasteiger partial charge is 0.252 e. The van der Waals surface area contributed by atoms with Crippen LogP contribution in [0.1, 0.15) is 22.4 Å². The fourth-order valence-corrected chi connectivity index (χ4v) is 5.14. The molecule has 2 aromatic carbocycles. The van der Waals surface area contributed by atoms with Crippen molar-refractivity contribution in [2.75, 3.05) is 13.1 Å². The van der Waals surface area contributed by atoms with Crippen LogP contribution in [0.5, 0.6) is 0 Å². The SMILES string of the molecule is Cc1ccc(S(=O)(=O)N2CCc3nc4ccccc4c(C)c3CC2)cc1.Cl. The number of nitrogens with zero attached hydrogens (tertiary/aromatic N) is 2. The maximum absolute atomic E-state index is 13.0. The summed E-state index contributed by atoms with van der Waals surface area (Å²) >= 11 is 0. The van der Waals surface area contributed by atoms with E-state index in [1.54, 1.807) is 16.4 Å². The second kappa shape index (κ2) is 7.58. The monoisotopic (exact) mass is 402 g/mol. The molecule has 0 spiro atoms. The first-order valence-corrected chi connectivity index (χ1v) is 10.3. The van der Waals surface area contributed by atoms with Crippen LogP contribution in [0.3, 0.4) is 0 Å². The van der Waals surface area contributed by atoms with Crippen LogP contribution in [-0.2, 0) is 22.9 Å². The molecule has 142 valence electrons. The number of halogens is 1. The van der Waals surface area contributed by atoms with Gasteiger partial charge < -0.3 is 0 Å². The molecule has 1 aliphatic heterocycles. The van der Waals surface area contributed by atoms with Gasteiger partial charge in [-0.15, -0.1) is 12.4 Å². The van der Waals surface area contributed by atoms with Crippen LogP contribution >= 0.6 is 12.4 Å². The van der Waals surface area contributed by atoms with Crippen LogP contribution in [0, 0.1) is 13.8 Å². The van der Waals surface area contributed by atoms with Gasteiger partial charge in [-0.1, -0.05) is 35.9 Å². The standard InChI is InChI=1S/C21H22N2O2S.ClH/c1-15-7-9-17(10-8-15)26(24,25)23-13-11-19-16(2)18-5-3-4-6-20(18)22-21(19)12-14-23;/h3-10H,11-14H2,1-2H3;1H. The summed E-state index contributed by atoms with van der Waals surface area (Å²) in [4.78, 5) is 5.18. The van der Waals surface area contributed by atoms with E-state index in [4.69, 9.17) is 4.98 Å². The molecule has 0 fully saturated rings. The Bertz CT molecular complexity index is 1080. The molecular weight excluding hydrogens is 380 g/mol. The number of aromatic nitrogens is 1. The summed E-state index contributed by atoms with van der Waals surface area (Å²) in [7, 11) is -3.47. The molecule has 4 rings (SSSR count). The highest BCUT2D eigenvalue weighted by molar-refractivity contribution is 7.89. The van der Waals surface area contributed by atoms with Gasteiger partial charge in [-0.2, -0.15) is 4.31 Å². The third kappa shape index (κ3) is 3.59. The summed E-state index contributed by atoms with van der Waals surface area (Å²) < 4.78 is 27.7. The molecule has 0 unspecified atom stereocenters. The molecule has 2 heterocycles. The maximum Gasteiger partial charge on any atom is 0.243 e. The van der Waals surface area contributed by atoms with Crippen LogP contribution < -0.4 is 0 Å². The van der Waals surface area contributed by atoms with E-state index in [0.717, 1.165) is 22.2 Å². The molecule has 0 radical (unpaired) electrons. The Hall–Kier alpha value is -1.95. The second-order valence-electron chi connectivity index (χ2n) is 6.90. The predicted molar refractivity (Wildman–Crippen MR) is 111 cm³/mol. The number of para-hydroxylation sites is 1. The van der Waals surface area contributed by atoms with Crippen LogP contribution in [-0.4, -0.2) is 30.8 Å². The Morgan fingerprint density at radius 2 is 1.59 bits per heavy atom. The summed E-state index contributed by atoms with van der Waals surface area (Å²) in [6.45, 7) is 5.03. The summed E-state index contributed by atoms with van der Waals surface area (Å²) in [6, 6.07) is 15.2. The summed E-state index contributed by atoms with van der Waals surface area (Å²) in [6.07, 6.45) is 1.34. The first-order valence-electron chi connectivity index (χ1n) is 8.91. The van der Waals surface area contributed by atoms with Crippen molar-refractivity contribution in [3.63, 3.8) is 0 Å². The Morgan fingerprint density at radius 1 is 0.926 bits per heavy atom. The predicted octanol–water partition coefficient (Wildman–Crippen LogP) is 4.06. The first-order chi connectivity index (χ1) is 12.5. The lowest BCUT2D eigenvalue weighted by atomic mass is 9.99. The van der Waals surface area contributed by atoms with Crippen molar-refractivity contribution in [2.24, 2.45) is 0 Å². The van der Waals surface area contributed by atoms with E-state index in [1.807, 2.05) is 37.3 Å². The van der Waals surface area contributed by atoms with E-state index >= 15 is 0 Å². The number of pyridine rings is 1. The van der Waals surface area contributed by atoms with Crippen molar-refractivity contribution in [3.05, 3.63) is 70.9 Å². The van der Waals surface area contributed by atoms with Gasteiger partial charge >= 0.3 is 0 Å². The molecular formula is C21H23ClN2O2S. The average Bonchev–Trinajstić information content (AvgIpc) is 2.86. The molecule has 0 atom stereocenters. The van der Waals surface area contributed by atoms with Crippen LogP contribution in [0.15, 0.2) is 53.4 Å². The first kappa shape index (κ1) is 19.8. The van der Waals surface area contributed by atoms with Gasteiger partial charge in [-0.25, -0.2) is 8.42 Å². The van der Waals surface area contributed by atoms with Crippen molar-refractivity contribution in [2.45, 2.75) is 31.6 Å². The third-order valence-corrected chi connectivity index (χ3v) is 7.15. The molecule has 0 bridgehead atoms. The summed E-state index contributed by atoms with van der Waals surface area (Å²) in [5, 5.41) is 1.15. The zero-order valence-electron chi connectivity index (χ0n) is 15.5. The average molecular weight is 403 g/mol. The molecule has 27 heavy (non-hydrogen) atoms. The van der Waals surface area contributed by atoms with Gasteiger partial charge in [0.25, 0.3) is 0 Å². The van der Waals surface area contributed by atoms with Crippen molar-refractivity contribution in [1.29, 1.82) is 0 Å². The molecule has 0 aliphatic carbocycles. The number of sulfonamides is 1. The lowest BCUT2D eigenvalue weighted by Crippen LogP contribution is -2.33. The third-order valence-electron chi connectivity index (χ3n) is 5.23. The van der Waals surface area contributed by atoms with E-state index in [9.17, 15) is 8.42 Å². The van der Waals surface area contributed by atoms with Gasteiger partial charge in [0, 0.05) is 30.6 Å². The van der Waals surface area contributed by atoms with Crippen molar-refractivity contribution in [1.82, 2.24) is 9.29 Å². The number of fused-ring (bicyclic) bond motifs is 2. The highest BCUT2D eigenvalue weighted by atomic mass is 35.5. The fraction of sp³-hybridized carbons (Fsp3) is 0.286. The number of rotatable bonds is 2. The molecule has 0 N–H and O–H groups in total. The number of aryl methyl sites for hydroxylation is 2. The van der Waals surface area contributed by atoms with Crippen LogP contribution in [0.25, 0.3) is 10.9 Å². The van der Waals surface area contributed by atoms with Crippen molar-refractivity contribution < 1.29 is 8.42 Å². The smallest absolute Gasteiger partial charge is 0.243 e. The minimum Gasteiger partial charge on any atom is -0.252 e. The van der Waals surface area contributed by atoms with E-state index in [-0.39, 0.29) is 12.4 Å². The van der Waals surface area contributed by atoms with Crippen LogP contribution in [0.4, 0.5) is 0 Å². The number of hydrogen-bond acceptors (Lipinski definition) is 3. The van der Waals surface area contributed by atoms with E-state index < -0.39 is 10.0 Å². The van der Waals surface area contributed by atoms with Crippen molar-refractivity contribution >= 4 is 33.3 Å². The lowest BCUT2D eigenvalue weighted by Gasteiger charge is -2.20. The highest BCUT2D eigenvalue weighted by Crippen LogP contribution is 2.27. The maximum atomic E-state index is 13.0. The highest BCUT2D eigenvalue weighted by Gasteiger charge is 2.27. The molecule has 3 aromatic rings. The molecule has 4 nitrogen and oxygen atoms in total.